The molecule has 0 spiro atoms. The first-order chi connectivity index (χ1) is 12.3. The Morgan fingerprint density at radius 1 is 1.16 bits per heavy atom. The maximum Gasteiger partial charge on any atom is 0.264 e. The molecule has 0 radical (unpaired) electrons. The molecule has 1 aliphatic rings. The summed E-state index contributed by atoms with van der Waals surface area (Å²) in [7, 11) is 0. The molecule has 25 heavy (non-hydrogen) atoms. The first kappa shape index (κ1) is 15.3. The Kier molecular flexibility index (Phi) is 4.12. The normalized spacial score (nSPS) is 16.8. The van der Waals surface area contributed by atoms with Gasteiger partial charge < -0.3 is 14.7 Å². The quantitative estimate of drug-likeness (QED) is 0.788. The molecule has 1 saturated heterocycles. The number of carbonyl (C=O) groups is 1. The second kappa shape index (κ2) is 6.72. The second-order valence-electron chi connectivity index (χ2n) is 5.91. The predicted octanol–water partition coefficient (Wildman–Crippen LogP) is 2.46. The van der Waals surface area contributed by atoms with Crippen molar-refractivity contribution in [1.82, 2.24) is 20.0 Å². The van der Waals surface area contributed by atoms with Crippen LogP contribution >= 0.6 is 0 Å². The lowest BCUT2D eigenvalue weighted by Crippen LogP contribution is -2.31. The van der Waals surface area contributed by atoms with Crippen molar-refractivity contribution in [2.24, 2.45) is 0 Å². The van der Waals surface area contributed by atoms with E-state index in [4.69, 9.17) is 4.52 Å². The summed E-state index contributed by atoms with van der Waals surface area (Å²) in [4.78, 5) is 22.6. The molecule has 1 amide bonds. The number of benzene rings is 1. The Morgan fingerprint density at radius 3 is 2.76 bits per heavy atom. The molecular formula is C18H17N5O2. The van der Waals surface area contributed by atoms with Gasteiger partial charge in [-0.3, -0.25) is 9.78 Å². The summed E-state index contributed by atoms with van der Waals surface area (Å²) >= 11 is 0. The topological polar surface area (TPSA) is 84.2 Å². The highest BCUT2D eigenvalue weighted by atomic mass is 16.5. The monoisotopic (exact) mass is 335 g/mol. The lowest BCUT2D eigenvalue weighted by atomic mass is 10.2. The molecule has 0 aliphatic carbocycles. The van der Waals surface area contributed by atoms with E-state index in [1.54, 1.807) is 24.5 Å². The molecule has 7 nitrogen and oxygen atoms in total. The van der Waals surface area contributed by atoms with E-state index in [1.165, 1.54) is 0 Å². The Labute approximate surface area is 144 Å². The molecule has 3 heterocycles. The zero-order valence-electron chi connectivity index (χ0n) is 13.5. The van der Waals surface area contributed by atoms with E-state index >= 15 is 0 Å². The van der Waals surface area contributed by atoms with E-state index < -0.39 is 0 Å². The average Bonchev–Trinajstić information content (AvgIpc) is 3.33. The fourth-order valence-electron chi connectivity index (χ4n) is 2.90. The lowest BCUT2D eigenvalue weighted by Gasteiger charge is -2.16. The minimum Gasteiger partial charge on any atom is -0.347 e. The van der Waals surface area contributed by atoms with E-state index in [0.717, 1.165) is 12.0 Å². The van der Waals surface area contributed by atoms with Crippen LogP contribution in [0.4, 0.5) is 5.95 Å². The van der Waals surface area contributed by atoms with E-state index in [2.05, 4.69) is 20.4 Å². The molecule has 1 atom stereocenters. The summed E-state index contributed by atoms with van der Waals surface area (Å²) in [6.45, 7) is 1.30. The van der Waals surface area contributed by atoms with E-state index in [1.807, 2.05) is 35.2 Å². The van der Waals surface area contributed by atoms with Gasteiger partial charge in [0.2, 0.25) is 0 Å². The van der Waals surface area contributed by atoms with Gasteiger partial charge in [0.15, 0.2) is 0 Å². The highest BCUT2D eigenvalue weighted by Crippen LogP contribution is 2.20. The van der Waals surface area contributed by atoms with Gasteiger partial charge in [-0.25, -0.2) is 0 Å². The number of hydrogen-bond acceptors (Lipinski definition) is 6. The molecule has 7 heteroatoms. The number of likely N-dealkylation sites (tertiary alicyclic amines) is 1. The van der Waals surface area contributed by atoms with Crippen LogP contribution in [0.1, 0.15) is 16.8 Å². The number of aromatic nitrogens is 3. The fourth-order valence-corrected chi connectivity index (χ4v) is 2.90. The highest BCUT2D eigenvalue weighted by molar-refractivity contribution is 5.94. The summed E-state index contributed by atoms with van der Waals surface area (Å²) in [5, 5.41) is 7.22. The zero-order chi connectivity index (χ0) is 17.1. The van der Waals surface area contributed by atoms with Gasteiger partial charge in [-0.15, -0.1) is 0 Å². The van der Waals surface area contributed by atoms with E-state index in [9.17, 15) is 4.79 Å². The third kappa shape index (κ3) is 3.35. The minimum absolute atomic E-state index is 0.0183. The molecular weight excluding hydrogens is 318 g/mol. The van der Waals surface area contributed by atoms with Crippen molar-refractivity contribution >= 4 is 11.9 Å². The van der Waals surface area contributed by atoms with Gasteiger partial charge >= 0.3 is 0 Å². The molecule has 1 aromatic carbocycles. The molecule has 126 valence electrons. The van der Waals surface area contributed by atoms with Gasteiger partial charge in [0.1, 0.15) is 0 Å². The third-order valence-electron chi connectivity index (χ3n) is 4.18. The number of pyridine rings is 1. The third-order valence-corrected chi connectivity index (χ3v) is 4.18. The number of amides is 1. The van der Waals surface area contributed by atoms with Gasteiger partial charge in [0, 0.05) is 42.7 Å². The Hall–Kier alpha value is -3.22. The van der Waals surface area contributed by atoms with Crippen LogP contribution in [0.15, 0.2) is 59.4 Å². The molecule has 4 rings (SSSR count). The van der Waals surface area contributed by atoms with Crippen LogP contribution in [0.3, 0.4) is 0 Å². The summed E-state index contributed by atoms with van der Waals surface area (Å²) in [5.41, 5.74) is 1.53. The maximum atomic E-state index is 12.5. The fraction of sp³-hybridized carbons (Fsp3) is 0.222. The van der Waals surface area contributed by atoms with Crippen LogP contribution in [0, 0.1) is 0 Å². The van der Waals surface area contributed by atoms with Crippen molar-refractivity contribution in [2.45, 2.75) is 12.5 Å². The van der Waals surface area contributed by atoms with Crippen LogP contribution in [0.5, 0.6) is 0 Å². The molecule has 1 N–H and O–H groups in total. The average molecular weight is 335 g/mol. The number of hydrogen-bond donors (Lipinski definition) is 1. The van der Waals surface area contributed by atoms with Gasteiger partial charge in [0.25, 0.3) is 17.7 Å². The van der Waals surface area contributed by atoms with Gasteiger partial charge in [0.05, 0.1) is 0 Å². The Balaban J connectivity index is 1.39. The molecule has 0 bridgehead atoms. The van der Waals surface area contributed by atoms with Crippen LogP contribution in [-0.4, -0.2) is 45.1 Å². The van der Waals surface area contributed by atoms with Gasteiger partial charge in [-0.2, -0.15) is 4.98 Å². The first-order valence-corrected chi connectivity index (χ1v) is 8.14. The molecule has 1 fully saturated rings. The van der Waals surface area contributed by atoms with Crippen LogP contribution < -0.4 is 5.32 Å². The van der Waals surface area contributed by atoms with E-state index in [0.29, 0.717) is 30.5 Å². The number of nitrogens with one attached hydrogen (secondary N) is 1. The van der Waals surface area contributed by atoms with Gasteiger partial charge in [-0.1, -0.05) is 18.2 Å². The Morgan fingerprint density at radius 2 is 1.96 bits per heavy atom. The smallest absolute Gasteiger partial charge is 0.264 e. The second-order valence-corrected chi connectivity index (χ2v) is 5.91. The van der Waals surface area contributed by atoms with Crippen molar-refractivity contribution in [2.75, 3.05) is 18.4 Å². The summed E-state index contributed by atoms with van der Waals surface area (Å²) in [6.07, 6.45) is 4.10. The first-order valence-electron chi connectivity index (χ1n) is 8.14. The molecule has 1 aliphatic heterocycles. The lowest BCUT2D eigenvalue weighted by molar-refractivity contribution is 0.0791. The molecule has 0 saturated carbocycles. The van der Waals surface area contributed by atoms with Crippen molar-refractivity contribution in [3.8, 4) is 11.5 Å². The van der Waals surface area contributed by atoms with Gasteiger partial charge in [-0.05, 0) is 35.8 Å². The number of nitrogens with zero attached hydrogens (tertiary/aromatic N) is 4. The Bertz CT molecular complexity index is 850. The van der Waals surface area contributed by atoms with Crippen molar-refractivity contribution in [3.63, 3.8) is 0 Å². The van der Waals surface area contributed by atoms with Crippen molar-refractivity contribution in [3.05, 3.63) is 60.4 Å². The largest absolute Gasteiger partial charge is 0.347 e. The standard InChI is InChI=1S/C18H17N5O2/c24-17(14-6-9-19-10-7-14)23-11-8-15(12-23)20-18-21-16(25-22-18)13-4-2-1-3-5-13/h1-7,9-10,15H,8,11-12H2,(H,20,22). The maximum absolute atomic E-state index is 12.5. The molecule has 2 aromatic heterocycles. The summed E-state index contributed by atoms with van der Waals surface area (Å²) < 4.78 is 5.29. The summed E-state index contributed by atoms with van der Waals surface area (Å²) in [6, 6.07) is 13.2. The molecule has 1 unspecified atom stereocenters. The highest BCUT2D eigenvalue weighted by Gasteiger charge is 2.27. The predicted molar refractivity (Wildman–Crippen MR) is 91.9 cm³/mol. The SMILES string of the molecule is O=C(c1ccncc1)N1CCC(Nc2noc(-c3ccccc3)n2)C1. The van der Waals surface area contributed by atoms with Crippen molar-refractivity contribution in [1.29, 1.82) is 0 Å². The van der Waals surface area contributed by atoms with Crippen LogP contribution in [-0.2, 0) is 0 Å². The van der Waals surface area contributed by atoms with Crippen LogP contribution in [0.25, 0.3) is 11.5 Å². The number of anilines is 1. The van der Waals surface area contributed by atoms with Crippen molar-refractivity contribution < 1.29 is 9.32 Å². The number of carbonyl (C=O) groups excluding carboxylic acids is 1. The zero-order valence-corrected chi connectivity index (χ0v) is 13.5. The van der Waals surface area contributed by atoms with E-state index in [-0.39, 0.29) is 11.9 Å². The summed E-state index contributed by atoms with van der Waals surface area (Å²) in [5.74, 6) is 0.942. The van der Waals surface area contributed by atoms with Crippen LogP contribution in [0.2, 0.25) is 0 Å². The number of rotatable bonds is 4. The minimum atomic E-state index is 0.0183. The molecule has 3 aromatic rings.